The molecule has 3 aromatic rings. The summed E-state index contributed by atoms with van der Waals surface area (Å²) in [6, 6.07) is 21.4. The topological polar surface area (TPSA) is 54.4 Å². The van der Waals surface area contributed by atoms with Crippen molar-refractivity contribution in [1.29, 1.82) is 0 Å². The molecule has 168 valence electrons. The first-order chi connectivity index (χ1) is 13.6. The van der Waals surface area contributed by atoms with Crippen molar-refractivity contribution in [3.05, 3.63) is 82.9 Å². The Balaban J connectivity index is -0.000000356. The Labute approximate surface area is 198 Å². The summed E-state index contributed by atoms with van der Waals surface area (Å²) in [7, 11) is -3.67. The fourth-order valence-corrected chi connectivity index (χ4v) is 2.24. The molecule has 0 heterocycles. The average molecular weight is 602 g/mol. The molecule has 3 rings (SSSR count). The first kappa shape index (κ1) is 33.2. The molecular formula is C25H38O3SW. The Bertz CT molecular complexity index is 849. The number of benzene rings is 3. The fraction of sp³-hybridized carbons (Fsp3) is 0.360. The Morgan fingerprint density at radius 2 is 0.833 bits per heavy atom. The van der Waals surface area contributed by atoms with Gasteiger partial charge in [-0.3, -0.25) is 4.55 Å². The maximum Gasteiger partial charge on any atom is 0.261 e. The van der Waals surface area contributed by atoms with E-state index in [0.717, 1.165) is 0 Å². The van der Waals surface area contributed by atoms with Gasteiger partial charge in [-0.05, 0) is 49.6 Å². The number of aryl methyl sites for hydroxylation is 4. The van der Waals surface area contributed by atoms with Crippen LogP contribution >= 0.6 is 0 Å². The Kier molecular flexibility index (Phi) is 20.2. The van der Waals surface area contributed by atoms with Crippen LogP contribution in [0.1, 0.15) is 49.9 Å². The Hall–Kier alpha value is -1.48. The minimum Gasteiger partial charge on any atom is -0.286 e. The van der Waals surface area contributed by atoms with Gasteiger partial charge in [0.1, 0.15) is 0 Å². The van der Waals surface area contributed by atoms with Crippen LogP contribution in [0.4, 0.5) is 0 Å². The average Bonchev–Trinajstić information content (AvgIpc) is 2.70. The van der Waals surface area contributed by atoms with E-state index in [1.54, 1.807) is 0 Å². The molecule has 0 atom stereocenters. The molecule has 0 aromatic heterocycles. The van der Waals surface area contributed by atoms with E-state index in [4.69, 9.17) is 4.55 Å². The maximum absolute atomic E-state index is 9.19. The molecular weight excluding hydrogens is 564 g/mol. The summed E-state index contributed by atoms with van der Waals surface area (Å²) in [6.45, 7) is 16.5. The zero-order valence-electron chi connectivity index (χ0n) is 19.9. The Morgan fingerprint density at radius 1 is 0.600 bits per heavy atom. The maximum atomic E-state index is 9.19. The smallest absolute Gasteiger partial charge is 0.261 e. The van der Waals surface area contributed by atoms with Gasteiger partial charge < -0.3 is 0 Å². The van der Waals surface area contributed by atoms with Gasteiger partial charge in [-0.25, -0.2) is 0 Å². The fourth-order valence-electron chi connectivity index (χ4n) is 2.24. The summed E-state index contributed by atoms with van der Waals surface area (Å²) in [5, 5.41) is 2.75. The minimum atomic E-state index is -3.67. The molecule has 0 spiro atoms. The van der Waals surface area contributed by atoms with E-state index >= 15 is 0 Å². The van der Waals surface area contributed by atoms with Crippen molar-refractivity contribution in [2.75, 3.05) is 6.26 Å². The predicted octanol–water partition coefficient (Wildman–Crippen LogP) is 7.31. The van der Waals surface area contributed by atoms with Gasteiger partial charge in [0.05, 0.1) is 6.26 Å². The zero-order valence-corrected chi connectivity index (χ0v) is 23.6. The van der Waals surface area contributed by atoms with E-state index in [2.05, 4.69) is 88.4 Å². The van der Waals surface area contributed by atoms with Gasteiger partial charge in [-0.1, -0.05) is 99.5 Å². The van der Waals surface area contributed by atoms with E-state index in [9.17, 15) is 8.42 Å². The van der Waals surface area contributed by atoms with Crippen LogP contribution in [0.2, 0.25) is 0 Å². The predicted molar refractivity (Wildman–Crippen MR) is 130 cm³/mol. The molecule has 0 aliphatic heterocycles. The molecule has 0 unspecified atom stereocenters. The largest absolute Gasteiger partial charge is 0.286 e. The molecule has 0 amide bonds. The van der Waals surface area contributed by atoms with Crippen LogP contribution in [0.25, 0.3) is 10.8 Å². The molecule has 0 saturated carbocycles. The van der Waals surface area contributed by atoms with Gasteiger partial charge in [-0.15, -0.1) is 0 Å². The van der Waals surface area contributed by atoms with Crippen LogP contribution in [0.5, 0.6) is 0 Å². The van der Waals surface area contributed by atoms with E-state index < -0.39 is 10.1 Å². The van der Waals surface area contributed by atoms with Gasteiger partial charge >= 0.3 is 0 Å². The summed E-state index contributed by atoms with van der Waals surface area (Å²) >= 11 is 0. The third-order valence-electron chi connectivity index (χ3n) is 3.58. The summed E-state index contributed by atoms with van der Waals surface area (Å²) < 4.78 is 25.9. The molecule has 5 heteroatoms. The molecule has 0 aliphatic rings. The van der Waals surface area contributed by atoms with E-state index in [0.29, 0.717) is 6.26 Å². The van der Waals surface area contributed by atoms with Crippen molar-refractivity contribution in [3.8, 4) is 0 Å². The normalized spacial score (nSPS) is 9.00. The van der Waals surface area contributed by atoms with Gasteiger partial charge in [0.2, 0.25) is 0 Å². The van der Waals surface area contributed by atoms with E-state index in [1.807, 2.05) is 27.7 Å². The van der Waals surface area contributed by atoms with Gasteiger partial charge in [-0.2, -0.15) is 8.42 Å². The van der Waals surface area contributed by atoms with Crippen LogP contribution in [0.3, 0.4) is 0 Å². The van der Waals surface area contributed by atoms with Crippen molar-refractivity contribution in [1.82, 2.24) is 0 Å². The second-order valence-electron chi connectivity index (χ2n) is 6.13. The molecule has 3 aromatic carbocycles. The van der Waals surface area contributed by atoms with Crippen LogP contribution in [0.15, 0.2) is 60.7 Å². The molecule has 0 fully saturated rings. The van der Waals surface area contributed by atoms with Crippen LogP contribution in [-0.4, -0.2) is 19.2 Å². The number of hydrogen-bond donors (Lipinski definition) is 1. The number of fused-ring (bicyclic) bond motifs is 1. The first-order valence-corrected chi connectivity index (χ1v) is 11.8. The second-order valence-corrected chi connectivity index (χ2v) is 7.60. The standard InChI is InChI=1S/C12H12.C8H10.2C2H6.CH4O3S.W/c1-9-7-8-10(2)12-6-4-3-5-11(9)12;1-7-3-5-8(2)6-4-7;2*1-2;1-5(2,3)4;/h3-8H,1-2H3;3-6H,1-2H3;2*1-2H3;1H3,(H,2,3,4);. The Morgan fingerprint density at radius 3 is 1.07 bits per heavy atom. The van der Waals surface area contributed by atoms with Crippen LogP contribution in [0, 0.1) is 27.7 Å². The van der Waals surface area contributed by atoms with Crippen molar-refractivity contribution in [3.63, 3.8) is 0 Å². The summed E-state index contributed by atoms with van der Waals surface area (Å²) in [5.74, 6) is 0. The molecule has 0 radical (unpaired) electrons. The molecule has 30 heavy (non-hydrogen) atoms. The van der Waals surface area contributed by atoms with Gasteiger partial charge in [0.25, 0.3) is 10.1 Å². The third-order valence-corrected chi connectivity index (χ3v) is 3.58. The molecule has 0 bridgehead atoms. The number of hydrogen-bond acceptors (Lipinski definition) is 2. The zero-order chi connectivity index (χ0) is 23.0. The summed E-state index contributed by atoms with van der Waals surface area (Å²) in [6.07, 6.45) is 0.715. The van der Waals surface area contributed by atoms with Crippen LogP contribution < -0.4 is 0 Å². The quantitative estimate of drug-likeness (QED) is 0.275. The number of rotatable bonds is 0. The van der Waals surface area contributed by atoms with Crippen LogP contribution in [-0.2, 0) is 31.2 Å². The minimum absolute atomic E-state index is 0. The summed E-state index contributed by atoms with van der Waals surface area (Å²) in [4.78, 5) is 0. The van der Waals surface area contributed by atoms with Crippen molar-refractivity contribution >= 4 is 20.9 Å². The van der Waals surface area contributed by atoms with Crippen molar-refractivity contribution in [2.45, 2.75) is 55.4 Å². The van der Waals surface area contributed by atoms with Crippen molar-refractivity contribution in [2.24, 2.45) is 0 Å². The monoisotopic (exact) mass is 602 g/mol. The first-order valence-electron chi connectivity index (χ1n) is 9.98. The third kappa shape index (κ3) is 16.3. The van der Waals surface area contributed by atoms with Crippen molar-refractivity contribution < 1.29 is 34.0 Å². The van der Waals surface area contributed by atoms with E-state index in [-0.39, 0.29) is 21.1 Å². The summed E-state index contributed by atoms with van der Waals surface area (Å²) in [5.41, 5.74) is 5.37. The molecule has 3 nitrogen and oxygen atoms in total. The SMILES string of the molecule is CC.CC.CS(=O)(=O)O.Cc1ccc(C)c2ccccc12.Cc1ccc(C)cc1.[W]. The van der Waals surface area contributed by atoms with Gasteiger partial charge in [0.15, 0.2) is 0 Å². The molecule has 0 saturated heterocycles. The van der Waals surface area contributed by atoms with Gasteiger partial charge in [0, 0.05) is 21.1 Å². The molecule has 1 N–H and O–H groups in total. The second kappa shape index (κ2) is 18.3. The molecule has 0 aliphatic carbocycles. The van der Waals surface area contributed by atoms with E-state index in [1.165, 1.54) is 33.0 Å².